The van der Waals surface area contributed by atoms with E-state index >= 15 is 0 Å². The number of hydrogen-bond acceptors (Lipinski definition) is 8. The Labute approximate surface area is 278 Å². The highest BCUT2D eigenvalue weighted by atomic mass is 32.2. The molecule has 2 saturated carbocycles. The number of amides is 1. The zero-order chi connectivity index (χ0) is 32.8. The fourth-order valence-electron chi connectivity index (χ4n) is 9.15. The van der Waals surface area contributed by atoms with Crippen LogP contribution >= 0.6 is 0 Å². The average Bonchev–Trinajstić information content (AvgIpc) is 3.79. The first kappa shape index (κ1) is 32.8. The van der Waals surface area contributed by atoms with Gasteiger partial charge in [0.1, 0.15) is 11.9 Å². The number of anilines is 1. The summed E-state index contributed by atoms with van der Waals surface area (Å²) < 4.78 is 51.5. The molecule has 5 aliphatic rings. The maximum atomic E-state index is 14.9. The molecule has 47 heavy (non-hydrogen) atoms. The van der Waals surface area contributed by atoms with Crippen molar-refractivity contribution < 1.29 is 27.1 Å². The lowest BCUT2D eigenvalue weighted by Gasteiger charge is -2.54. The lowest BCUT2D eigenvalue weighted by Crippen LogP contribution is -2.62. The van der Waals surface area contributed by atoms with Crippen molar-refractivity contribution in [2.45, 2.75) is 72.7 Å². The van der Waals surface area contributed by atoms with Gasteiger partial charge < -0.3 is 25.0 Å². The SMILES string of the molecule is COC1CN(C[C@@](c2cccc(F)c2)(C2CCN(CC3CN(c4ccc(S(=O)(=O)C5CC5)cc4)C3)CC2)[C@H]2CCC[C@@H]2OC(N)=O)C1. The van der Waals surface area contributed by atoms with Crippen molar-refractivity contribution >= 4 is 21.6 Å². The minimum absolute atomic E-state index is 0.0563. The summed E-state index contributed by atoms with van der Waals surface area (Å²) >= 11 is 0. The van der Waals surface area contributed by atoms with E-state index in [9.17, 15) is 17.6 Å². The molecule has 0 unspecified atom stereocenters. The fourth-order valence-corrected chi connectivity index (χ4v) is 10.8. The van der Waals surface area contributed by atoms with Gasteiger partial charge in [-0.2, -0.15) is 0 Å². The Kier molecular flexibility index (Phi) is 9.27. The molecule has 3 saturated heterocycles. The van der Waals surface area contributed by atoms with Crippen LogP contribution in [0.4, 0.5) is 14.9 Å². The molecular weight excluding hydrogens is 619 g/mol. The maximum Gasteiger partial charge on any atom is 0.404 e. The van der Waals surface area contributed by atoms with Crippen LogP contribution in [0.25, 0.3) is 0 Å². The molecule has 2 aromatic rings. The van der Waals surface area contributed by atoms with Gasteiger partial charge in [0.05, 0.1) is 16.2 Å². The van der Waals surface area contributed by atoms with E-state index in [0.29, 0.717) is 16.7 Å². The molecule has 1 amide bonds. The molecule has 2 aliphatic carbocycles. The summed E-state index contributed by atoms with van der Waals surface area (Å²) in [5.74, 6) is 0.680. The zero-order valence-electron chi connectivity index (χ0n) is 27.4. The Balaban J connectivity index is 1.03. The second kappa shape index (κ2) is 13.3. The van der Waals surface area contributed by atoms with Crippen molar-refractivity contribution in [3.8, 4) is 0 Å². The first-order valence-corrected chi connectivity index (χ1v) is 19.0. The van der Waals surface area contributed by atoms with Gasteiger partial charge >= 0.3 is 6.09 Å². The standard InChI is InChI=1S/C36H49FN4O5S/c1-45-30-22-40(23-30)24-36(27-4-2-5-28(37)18-27,33-6-3-7-34(33)46-35(38)42)26-14-16-39(17-15-26)19-25-20-41(21-25)29-8-10-31(11-9-29)47(43,44)32-12-13-32/h2,4-5,8-11,18,25-26,30,32-34H,3,6-7,12-17,19-24H2,1H3,(H2,38,42)/t33-,34-,36-/m0/s1. The number of nitrogens with two attached hydrogens (primary N) is 1. The topological polar surface area (TPSA) is 105 Å². The van der Waals surface area contributed by atoms with Gasteiger partial charge in [0.25, 0.3) is 0 Å². The van der Waals surface area contributed by atoms with Crippen molar-refractivity contribution in [2.75, 3.05) is 64.4 Å². The van der Waals surface area contributed by atoms with Crippen LogP contribution in [0.1, 0.15) is 50.5 Å². The number of nitrogens with zero attached hydrogens (tertiary/aromatic N) is 3. The fraction of sp³-hybridized carbons (Fsp3) is 0.639. The minimum Gasteiger partial charge on any atom is -0.446 e. The number of methoxy groups -OCH3 is 1. The van der Waals surface area contributed by atoms with E-state index in [1.54, 1.807) is 25.3 Å². The molecule has 2 N–H and O–H groups in total. The number of piperidine rings is 1. The van der Waals surface area contributed by atoms with Gasteiger partial charge in [0.2, 0.25) is 0 Å². The van der Waals surface area contributed by atoms with Crippen LogP contribution in [0.5, 0.6) is 0 Å². The first-order chi connectivity index (χ1) is 22.7. The summed E-state index contributed by atoms with van der Waals surface area (Å²) in [5.41, 5.74) is 7.29. The number of benzene rings is 2. The van der Waals surface area contributed by atoms with E-state index in [2.05, 4.69) is 20.8 Å². The molecule has 3 atom stereocenters. The lowest BCUT2D eigenvalue weighted by molar-refractivity contribution is -0.0666. The van der Waals surface area contributed by atoms with Crippen LogP contribution < -0.4 is 10.6 Å². The largest absolute Gasteiger partial charge is 0.446 e. The number of hydrogen-bond donors (Lipinski definition) is 1. The molecule has 11 heteroatoms. The lowest BCUT2D eigenvalue weighted by atomic mass is 9.58. The van der Waals surface area contributed by atoms with Gasteiger partial charge in [0.15, 0.2) is 9.84 Å². The highest BCUT2D eigenvalue weighted by Crippen LogP contribution is 2.52. The molecule has 0 bridgehead atoms. The highest BCUT2D eigenvalue weighted by molar-refractivity contribution is 7.92. The maximum absolute atomic E-state index is 14.9. The van der Waals surface area contributed by atoms with Crippen LogP contribution in [0.3, 0.4) is 0 Å². The number of carbonyl (C=O) groups is 1. The number of ether oxygens (including phenoxy) is 2. The van der Waals surface area contributed by atoms with Crippen molar-refractivity contribution in [3.63, 3.8) is 0 Å². The zero-order valence-corrected chi connectivity index (χ0v) is 28.3. The van der Waals surface area contributed by atoms with E-state index in [1.165, 1.54) is 6.07 Å². The van der Waals surface area contributed by atoms with Crippen LogP contribution in [0.2, 0.25) is 0 Å². The smallest absolute Gasteiger partial charge is 0.404 e. The first-order valence-electron chi connectivity index (χ1n) is 17.4. The van der Waals surface area contributed by atoms with Crippen LogP contribution in [0.15, 0.2) is 53.4 Å². The molecule has 9 nitrogen and oxygen atoms in total. The van der Waals surface area contributed by atoms with E-state index in [0.717, 1.165) is 109 Å². The molecule has 0 spiro atoms. The van der Waals surface area contributed by atoms with Gasteiger partial charge in [-0.3, -0.25) is 4.90 Å². The molecule has 0 aromatic heterocycles. The van der Waals surface area contributed by atoms with Gasteiger partial charge in [-0.05, 0) is 106 Å². The summed E-state index contributed by atoms with van der Waals surface area (Å²) in [6, 6.07) is 14.6. The molecule has 0 radical (unpaired) electrons. The third kappa shape index (κ3) is 6.65. The molecule has 2 aromatic carbocycles. The molecule has 5 fully saturated rings. The molecule has 3 aliphatic heterocycles. The van der Waals surface area contributed by atoms with Crippen LogP contribution in [0, 0.1) is 23.6 Å². The molecule has 7 rings (SSSR count). The molecule has 256 valence electrons. The quantitative estimate of drug-likeness (QED) is 0.354. The number of rotatable bonds is 12. The number of likely N-dealkylation sites (tertiary alicyclic amines) is 2. The number of halogens is 1. The average molecular weight is 669 g/mol. The Hall–Kier alpha value is -2.73. The van der Waals surface area contributed by atoms with E-state index in [1.807, 2.05) is 18.2 Å². The van der Waals surface area contributed by atoms with Gasteiger partial charge in [-0.25, -0.2) is 17.6 Å². The van der Waals surface area contributed by atoms with Crippen molar-refractivity contribution in [1.29, 1.82) is 0 Å². The van der Waals surface area contributed by atoms with E-state index in [-0.39, 0.29) is 34.6 Å². The number of sulfone groups is 1. The normalized spacial score (nSPS) is 26.5. The predicted octanol–water partition coefficient (Wildman–Crippen LogP) is 4.44. The third-order valence-corrected chi connectivity index (χ3v) is 14.0. The van der Waals surface area contributed by atoms with Crippen molar-refractivity contribution in [1.82, 2.24) is 9.80 Å². The Morgan fingerprint density at radius 3 is 2.32 bits per heavy atom. The monoisotopic (exact) mass is 668 g/mol. The van der Waals surface area contributed by atoms with Crippen molar-refractivity contribution in [2.24, 2.45) is 23.5 Å². The summed E-state index contributed by atoms with van der Waals surface area (Å²) in [7, 11) is -1.41. The molecular formula is C36H49FN4O5S. The van der Waals surface area contributed by atoms with Gasteiger partial charge in [-0.1, -0.05) is 12.1 Å². The minimum atomic E-state index is -3.16. The summed E-state index contributed by atoms with van der Waals surface area (Å²) in [5, 5.41) is -0.188. The van der Waals surface area contributed by atoms with E-state index < -0.39 is 15.9 Å². The second-order valence-electron chi connectivity index (χ2n) is 14.7. The number of carbonyl (C=O) groups excluding carboxylic acids is 1. The summed E-state index contributed by atoms with van der Waals surface area (Å²) in [4.78, 5) is 19.8. The predicted molar refractivity (Wildman–Crippen MR) is 179 cm³/mol. The summed E-state index contributed by atoms with van der Waals surface area (Å²) in [6.07, 6.45) is 5.38. The summed E-state index contributed by atoms with van der Waals surface area (Å²) in [6.45, 7) is 7.37. The van der Waals surface area contributed by atoms with Crippen LogP contribution in [-0.2, 0) is 24.7 Å². The third-order valence-electron chi connectivity index (χ3n) is 11.8. The Morgan fingerprint density at radius 2 is 1.68 bits per heavy atom. The van der Waals surface area contributed by atoms with E-state index in [4.69, 9.17) is 15.2 Å². The Morgan fingerprint density at radius 1 is 0.957 bits per heavy atom. The number of primary amides is 1. The Bertz CT molecular complexity index is 1520. The van der Waals surface area contributed by atoms with Crippen molar-refractivity contribution in [3.05, 3.63) is 59.9 Å². The highest BCUT2D eigenvalue weighted by Gasteiger charge is 2.54. The van der Waals surface area contributed by atoms with Crippen LogP contribution in [-0.4, -0.2) is 101 Å². The molecule has 3 heterocycles. The second-order valence-corrected chi connectivity index (χ2v) is 16.9. The van der Waals surface area contributed by atoms with Gasteiger partial charge in [0, 0.05) is 69.3 Å². The van der Waals surface area contributed by atoms with Gasteiger partial charge in [-0.15, -0.1) is 0 Å².